The highest BCUT2D eigenvalue weighted by Crippen LogP contribution is 2.32. The Hall–Kier alpha value is -2.93. The molecule has 1 aromatic carbocycles. The van der Waals surface area contributed by atoms with Gasteiger partial charge in [0.25, 0.3) is 0 Å². The third-order valence-corrected chi connectivity index (χ3v) is 3.67. The van der Waals surface area contributed by atoms with Crippen molar-refractivity contribution in [2.24, 2.45) is 0 Å². The first-order chi connectivity index (χ1) is 11.9. The Balaban J connectivity index is 0.000000242. The number of hydrogen-bond donors (Lipinski definition) is 3. The lowest BCUT2D eigenvalue weighted by atomic mass is 9.94. The van der Waals surface area contributed by atoms with Crippen molar-refractivity contribution in [3.8, 4) is 0 Å². The van der Waals surface area contributed by atoms with Crippen molar-refractivity contribution >= 4 is 28.5 Å². The lowest BCUT2D eigenvalue weighted by Crippen LogP contribution is -2.23. The highest BCUT2D eigenvalue weighted by Gasteiger charge is 2.16. The molecule has 3 rings (SSSR count). The van der Waals surface area contributed by atoms with Crippen LogP contribution in [0.5, 0.6) is 0 Å². The predicted octanol–water partition coefficient (Wildman–Crippen LogP) is 3.05. The van der Waals surface area contributed by atoms with Gasteiger partial charge in [0.1, 0.15) is 11.4 Å². The zero-order chi connectivity index (χ0) is 18.4. The standard InChI is InChI=1S/C14H14FNO.C4H4O4/c1-9-8-16-4-2-12(9)13-7-11(15)6-10-3-5-17-14(10)13;5-3(6)1-2-4(7)8/h3,5-7,16H,2,4,8H2,1H3;1-2H,(H,5,6)(H,7,8)/b;2-1+. The number of hydrogen-bond acceptors (Lipinski definition) is 4. The summed E-state index contributed by atoms with van der Waals surface area (Å²) in [6.07, 6.45) is 3.65. The summed E-state index contributed by atoms with van der Waals surface area (Å²) in [5, 5.41) is 19.8. The smallest absolute Gasteiger partial charge is 0.328 e. The van der Waals surface area contributed by atoms with Crippen LogP contribution < -0.4 is 5.32 Å². The molecule has 1 aliphatic heterocycles. The fraction of sp³-hybridized carbons (Fsp3) is 0.222. The monoisotopic (exact) mass is 347 g/mol. The Bertz CT molecular complexity index is 834. The fourth-order valence-corrected chi connectivity index (χ4v) is 2.59. The average Bonchev–Trinajstić information content (AvgIpc) is 3.01. The van der Waals surface area contributed by atoms with Crippen LogP contribution in [0.2, 0.25) is 0 Å². The van der Waals surface area contributed by atoms with E-state index >= 15 is 0 Å². The summed E-state index contributed by atoms with van der Waals surface area (Å²) in [6.45, 7) is 3.89. The number of carboxylic acid groups (broad SMARTS) is 2. The number of aliphatic carboxylic acids is 2. The summed E-state index contributed by atoms with van der Waals surface area (Å²) in [7, 11) is 0. The number of fused-ring (bicyclic) bond motifs is 1. The Morgan fingerprint density at radius 1 is 1.24 bits per heavy atom. The number of carbonyl (C=O) groups is 2. The van der Waals surface area contributed by atoms with Crippen LogP contribution in [0.15, 0.2) is 46.6 Å². The molecule has 0 atom stereocenters. The minimum absolute atomic E-state index is 0.201. The summed E-state index contributed by atoms with van der Waals surface area (Å²) in [4.78, 5) is 19.1. The van der Waals surface area contributed by atoms with Gasteiger partial charge in [0, 0.05) is 29.6 Å². The first kappa shape index (κ1) is 18.4. The van der Waals surface area contributed by atoms with E-state index in [9.17, 15) is 14.0 Å². The molecule has 0 radical (unpaired) electrons. The Kier molecular flexibility index (Phi) is 6.08. The molecule has 2 aromatic rings. The van der Waals surface area contributed by atoms with Crippen molar-refractivity contribution in [2.45, 2.75) is 13.3 Å². The largest absolute Gasteiger partial charge is 0.478 e. The summed E-state index contributed by atoms with van der Waals surface area (Å²) in [5.41, 5.74) is 4.18. The van der Waals surface area contributed by atoms with Gasteiger partial charge >= 0.3 is 11.9 Å². The second kappa shape index (κ2) is 8.25. The molecule has 25 heavy (non-hydrogen) atoms. The predicted molar refractivity (Wildman–Crippen MR) is 90.7 cm³/mol. The number of furan rings is 1. The van der Waals surface area contributed by atoms with Crippen LogP contribution in [0.1, 0.15) is 18.9 Å². The SMILES string of the molecule is CC1=C(c2cc(F)cc3ccoc23)CCNC1.O=C(O)/C=C/C(=O)O. The number of carboxylic acids is 2. The molecule has 0 saturated heterocycles. The van der Waals surface area contributed by atoms with Crippen molar-refractivity contribution in [1.29, 1.82) is 0 Å². The van der Waals surface area contributed by atoms with Gasteiger partial charge in [-0.25, -0.2) is 14.0 Å². The number of nitrogens with one attached hydrogen (secondary N) is 1. The molecule has 1 aliphatic rings. The van der Waals surface area contributed by atoms with Crippen LogP contribution in [0.4, 0.5) is 4.39 Å². The molecule has 0 saturated carbocycles. The van der Waals surface area contributed by atoms with E-state index in [-0.39, 0.29) is 5.82 Å². The van der Waals surface area contributed by atoms with Gasteiger partial charge in [-0.2, -0.15) is 0 Å². The molecule has 3 N–H and O–H groups in total. The lowest BCUT2D eigenvalue weighted by molar-refractivity contribution is -0.134. The molecule has 0 bridgehead atoms. The maximum absolute atomic E-state index is 13.6. The van der Waals surface area contributed by atoms with E-state index in [0.717, 1.165) is 36.0 Å². The Labute approximate surface area is 143 Å². The van der Waals surface area contributed by atoms with Crippen LogP contribution in [-0.2, 0) is 9.59 Å². The van der Waals surface area contributed by atoms with E-state index in [0.29, 0.717) is 12.2 Å². The molecule has 0 aliphatic carbocycles. The molecule has 7 heteroatoms. The van der Waals surface area contributed by atoms with Gasteiger partial charge in [0.15, 0.2) is 0 Å². The summed E-state index contributed by atoms with van der Waals surface area (Å²) >= 11 is 0. The van der Waals surface area contributed by atoms with Gasteiger partial charge in [-0.05, 0) is 43.7 Å². The second-order valence-electron chi connectivity index (χ2n) is 5.49. The van der Waals surface area contributed by atoms with Crippen molar-refractivity contribution in [2.75, 3.05) is 13.1 Å². The van der Waals surface area contributed by atoms with Crippen LogP contribution in [0, 0.1) is 5.82 Å². The Morgan fingerprint density at radius 2 is 1.92 bits per heavy atom. The number of benzene rings is 1. The average molecular weight is 347 g/mol. The minimum Gasteiger partial charge on any atom is -0.478 e. The van der Waals surface area contributed by atoms with E-state index in [4.69, 9.17) is 14.6 Å². The molecule has 2 heterocycles. The number of halogens is 1. The Morgan fingerprint density at radius 3 is 2.52 bits per heavy atom. The van der Waals surface area contributed by atoms with Crippen molar-refractivity contribution in [1.82, 2.24) is 5.32 Å². The molecule has 0 spiro atoms. The van der Waals surface area contributed by atoms with E-state index in [1.165, 1.54) is 17.2 Å². The van der Waals surface area contributed by atoms with Gasteiger partial charge in [-0.15, -0.1) is 0 Å². The second-order valence-corrected chi connectivity index (χ2v) is 5.49. The van der Waals surface area contributed by atoms with Gasteiger partial charge in [0.05, 0.1) is 6.26 Å². The summed E-state index contributed by atoms with van der Waals surface area (Å²) < 4.78 is 19.1. The normalized spacial score (nSPS) is 14.5. The highest BCUT2D eigenvalue weighted by molar-refractivity contribution is 5.91. The molecule has 6 nitrogen and oxygen atoms in total. The third-order valence-electron chi connectivity index (χ3n) is 3.67. The third kappa shape index (κ3) is 5.02. The van der Waals surface area contributed by atoms with Crippen molar-refractivity contribution in [3.05, 3.63) is 53.6 Å². The molecular weight excluding hydrogens is 329 g/mol. The van der Waals surface area contributed by atoms with E-state index in [1.807, 2.05) is 0 Å². The summed E-state index contributed by atoms with van der Waals surface area (Å²) in [6, 6.07) is 4.90. The molecule has 0 fully saturated rings. The van der Waals surface area contributed by atoms with Crippen LogP contribution in [-0.4, -0.2) is 35.2 Å². The van der Waals surface area contributed by atoms with Gasteiger partial charge in [-0.1, -0.05) is 5.57 Å². The van der Waals surface area contributed by atoms with Crippen LogP contribution in [0.3, 0.4) is 0 Å². The molecule has 1 aromatic heterocycles. The molecule has 132 valence electrons. The van der Waals surface area contributed by atoms with Crippen LogP contribution in [0.25, 0.3) is 16.5 Å². The number of rotatable bonds is 3. The first-order valence-corrected chi connectivity index (χ1v) is 7.59. The van der Waals surface area contributed by atoms with Crippen LogP contribution >= 0.6 is 0 Å². The zero-order valence-electron chi connectivity index (χ0n) is 13.6. The van der Waals surface area contributed by atoms with E-state index in [1.54, 1.807) is 18.4 Å². The maximum Gasteiger partial charge on any atom is 0.328 e. The minimum atomic E-state index is -1.26. The highest BCUT2D eigenvalue weighted by atomic mass is 19.1. The first-order valence-electron chi connectivity index (χ1n) is 7.59. The zero-order valence-corrected chi connectivity index (χ0v) is 13.6. The fourth-order valence-electron chi connectivity index (χ4n) is 2.59. The maximum atomic E-state index is 13.6. The van der Waals surface area contributed by atoms with E-state index in [2.05, 4.69) is 12.2 Å². The van der Waals surface area contributed by atoms with Gasteiger partial charge < -0.3 is 19.9 Å². The van der Waals surface area contributed by atoms with Crippen molar-refractivity contribution in [3.63, 3.8) is 0 Å². The molecular formula is C18H18FNO5. The molecule has 0 unspecified atom stereocenters. The van der Waals surface area contributed by atoms with E-state index < -0.39 is 11.9 Å². The topological polar surface area (TPSA) is 99.8 Å². The van der Waals surface area contributed by atoms with Gasteiger partial charge in [-0.3, -0.25) is 0 Å². The quantitative estimate of drug-likeness (QED) is 0.738. The van der Waals surface area contributed by atoms with Crippen molar-refractivity contribution < 1.29 is 28.6 Å². The van der Waals surface area contributed by atoms with Gasteiger partial charge in [0.2, 0.25) is 0 Å². The summed E-state index contributed by atoms with van der Waals surface area (Å²) in [5.74, 6) is -2.72. The lowest BCUT2D eigenvalue weighted by Gasteiger charge is -2.19. The molecule has 0 amide bonds.